The Morgan fingerprint density at radius 1 is 1.57 bits per heavy atom. The number of nitrogens with zero attached hydrogens (tertiary/aromatic N) is 1. The molecule has 1 saturated heterocycles. The number of rotatable bonds is 2. The van der Waals surface area contributed by atoms with Crippen molar-refractivity contribution in [2.75, 3.05) is 18.0 Å². The van der Waals surface area contributed by atoms with Crippen molar-refractivity contribution < 1.29 is 4.79 Å². The van der Waals surface area contributed by atoms with Crippen LogP contribution >= 0.6 is 11.3 Å². The van der Waals surface area contributed by atoms with Gasteiger partial charge in [0.1, 0.15) is 0 Å². The van der Waals surface area contributed by atoms with Gasteiger partial charge in [-0.2, -0.15) is 0 Å². The van der Waals surface area contributed by atoms with Crippen LogP contribution in [0.25, 0.3) is 0 Å². The van der Waals surface area contributed by atoms with E-state index in [0.29, 0.717) is 5.41 Å². The van der Waals surface area contributed by atoms with Crippen LogP contribution in [0.1, 0.15) is 29.9 Å². The van der Waals surface area contributed by atoms with Gasteiger partial charge in [-0.3, -0.25) is 4.79 Å². The molecule has 1 aliphatic heterocycles. The first kappa shape index (κ1) is 9.71. The Bertz CT molecular complexity index is 343. The number of carbonyl (C=O) groups excluding carboxylic acids is 1. The van der Waals surface area contributed by atoms with E-state index in [1.807, 2.05) is 6.07 Å². The zero-order valence-electron chi connectivity index (χ0n) is 8.62. The van der Waals surface area contributed by atoms with E-state index in [-0.39, 0.29) is 0 Å². The number of anilines is 1. The van der Waals surface area contributed by atoms with Crippen LogP contribution in [-0.2, 0) is 0 Å². The van der Waals surface area contributed by atoms with E-state index in [2.05, 4.69) is 24.1 Å². The highest BCUT2D eigenvalue weighted by atomic mass is 32.1. The van der Waals surface area contributed by atoms with Crippen molar-refractivity contribution in [1.29, 1.82) is 0 Å². The Balaban J connectivity index is 2.13. The molecule has 0 saturated carbocycles. The topological polar surface area (TPSA) is 20.3 Å². The summed E-state index contributed by atoms with van der Waals surface area (Å²) in [6.45, 7) is 6.80. The van der Waals surface area contributed by atoms with Gasteiger partial charge in [0.05, 0.1) is 4.88 Å². The molecule has 0 radical (unpaired) electrons. The average molecular weight is 209 g/mol. The molecule has 0 spiro atoms. The lowest BCUT2D eigenvalue weighted by atomic mass is 9.93. The molecule has 0 N–H and O–H groups in total. The summed E-state index contributed by atoms with van der Waals surface area (Å²) in [5, 5.41) is 2.07. The Labute approximate surface area is 88.5 Å². The monoisotopic (exact) mass is 209 g/mol. The van der Waals surface area contributed by atoms with Gasteiger partial charge in [-0.15, -0.1) is 11.3 Å². The van der Waals surface area contributed by atoms with E-state index in [0.717, 1.165) is 24.3 Å². The van der Waals surface area contributed by atoms with E-state index in [1.54, 1.807) is 0 Å². The zero-order chi connectivity index (χ0) is 10.2. The lowest BCUT2D eigenvalue weighted by Gasteiger charge is -2.20. The minimum Gasteiger partial charge on any atom is -0.370 e. The fourth-order valence-corrected chi connectivity index (χ4v) is 2.62. The van der Waals surface area contributed by atoms with Gasteiger partial charge in [0.15, 0.2) is 6.29 Å². The van der Waals surface area contributed by atoms with Crippen molar-refractivity contribution in [3.05, 3.63) is 16.3 Å². The quantitative estimate of drug-likeness (QED) is 0.698. The van der Waals surface area contributed by atoms with Crippen LogP contribution in [0.15, 0.2) is 11.4 Å². The molecule has 0 amide bonds. The SMILES string of the molecule is CC1(C)CCN(c2csc(C=O)c2)C1. The van der Waals surface area contributed by atoms with Crippen molar-refractivity contribution in [1.82, 2.24) is 0 Å². The second-order valence-electron chi connectivity index (χ2n) is 4.66. The van der Waals surface area contributed by atoms with Crippen LogP contribution in [0.3, 0.4) is 0 Å². The molecule has 76 valence electrons. The molecule has 0 bridgehead atoms. The maximum absolute atomic E-state index is 10.6. The fraction of sp³-hybridized carbons (Fsp3) is 0.545. The standard InChI is InChI=1S/C11H15NOS/c1-11(2)3-4-12(8-11)9-5-10(6-13)14-7-9/h5-7H,3-4,8H2,1-2H3. The smallest absolute Gasteiger partial charge is 0.160 e. The third-order valence-corrected chi connectivity index (χ3v) is 3.61. The molecule has 2 heterocycles. The number of carbonyl (C=O) groups is 1. The summed E-state index contributed by atoms with van der Waals surface area (Å²) in [5.41, 5.74) is 1.63. The molecule has 1 aliphatic rings. The summed E-state index contributed by atoms with van der Waals surface area (Å²) in [7, 11) is 0. The molecule has 0 aliphatic carbocycles. The number of hydrogen-bond donors (Lipinski definition) is 0. The summed E-state index contributed by atoms with van der Waals surface area (Å²) in [5.74, 6) is 0. The van der Waals surface area contributed by atoms with Crippen molar-refractivity contribution in [2.45, 2.75) is 20.3 Å². The average Bonchev–Trinajstić information content (AvgIpc) is 2.70. The molecule has 1 aromatic rings. The summed E-state index contributed by atoms with van der Waals surface area (Å²) < 4.78 is 0. The lowest BCUT2D eigenvalue weighted by Crippen LogP contribution is -2.22. The van der Waals surface area contributed by atoms with Crippen LogP contribution in [0.4, 0.5) is 5.69 Å². The van der Waals surface area contributed by atoms with Gasteiger partial charge in [0.25, 0.3) is 0 Å². The molecule has 3 heteroatoms. The number of thiophene rings is 1. The molecular weight excluding hydrogens is 194 g/mol. The summed E-state index contributed by atoms with van der Waals surface area (Å²) in [4.78, 5) is 13.7. The Hall–Kier alpha value is -0.830. The third kappa shape index (κ3) is 1.82. The third-order valence-electron chi connectivity index (χ3n) is 2.76. The highest BCUT2D eigenvalue weighted by Gasteiger charge is 2.29. The molecule has 2 rings (SSSR count). The first-order valence-corrected chi connectivity index (χ1v) is 5.77. The maximum Gasteiger partial charge on any atom is 0.160 e. The first-order chi connectivity index (χ1) is 6.61. The van der Waals surface area contributed by atoms with Crippen molar-refractivity contribution in [3.63, 3.8) is 0 Å². The van der Waals surface area contributed by atoms with Crippen LogP contribution in [0.5, 0.6) is 0 Å². The van der Waals surface area contributed by atoms with Gasteiger partial charge in [-0.1, -0.05) is 13.8 Å². The van der Waals surface area contributed by atoms with Crippen LogP contribution in [-0.4, -0.2) is 19.4 Å². The highest BCUT2D eigenvalue weighted by Crippen LogP contribution is 2.34. The Morgan fingerprint density at radius 3 is 2.86 bits per heavy atom. The molecule has 1 fully saturated rings. The van der Waals surface area contributed by atoms with E-state index in [1.165, 1.54) is 23.4 Å². The largest absolute Gasteiger partial charge is 0.370 e. The van der Waals surface area contributed by atoms with E-state index in [9.17, 15) is 4.79 Å². The predicted octanol–water partition coefficient (Wildman–Crippen LogP) is 2.80. The van der Waals surface area contributed by atoms with Gasteiger partial charge >= 0.3 is 0 Å². The van der Waals surface area contributed by atoms with Gasteiger partial charge < -0.3 is 4.90 Å². The van der Waals surface area contributed by atoms with Crippen LogP contribution in [0, 0.1) is 5.41 Å². The van der Waals surface area contributed by atoms with Gasteiger partial charge in [0.2, 0.25) is 0 Å². The second kappa shape index (κ2) is 3.39. The number of aldehydes is 1. The summed E-state index contributed by atoms with van der Waals surface area (Å²) >= 11 is 1.53. The maximum atomic E-state index is 10.6. The molecule has 1 aromatic heterocycles. The van der Waals surface area contributed by atoms with Gasteiger partial charge in [-0.25, -0.2) is 0 Å². The minimum absolute atomic E-state index is 0.420. The fourth-order valence-electron chi connectivity index (χ4n) is 1.90. The molecular formula is C11H15NOS. The molecule has 0 unspecified atom stereocenters. The van der Waals surface area contributed by atoms with Gasteiger partial charge in [0, 0.05) is 24.2 Å². The van der Waals surface area contributed by atoms with Gasteiger partial charge in [-0.05, 0) is 17.9 Å². The summed E-state index contributed by atoms with van der Waals surface area (Å²) in [6.07, 6.45) is 2.16. The Morgan fingerprint density at radius 2 is 2.36 bits per heavy atom. The molecule has 14 heavy (non-hydrogen) atoms. The van der Waals surface area contributed by atoms with E-state index < -0.39 is 0 Å². The van der Waals surface area contributed by atoms with Crippen molar-refractivity contribution in [2.24, 2.45) is 5.41 Å². The summed E-state index contributed by atoms with van der Waals surface area (Å²) in [6, 6.07) is 1.99. The number of hydrogen-bond acceptors (Lipinski definition) is 3. The van der Waals surface area contributed by atoms with E-state index >= 15 is 0 Å². The van der Waals surface area contributed by atoms with Crippen molar-refractivity contribution >= 4 is 23.3 Å². The molecule has 0 atom stereocenters. The lowest BCUT2D eigenvalue weighted by molar-refractivity contribution is 0.112. The predicted molar refractivity (Wildman–Crippen MR) is 60.3 cm³/mol. The van der Waals surface area contributed by atoms with Crippen molar-refractivity contribution in [3.8, 4) is 0 Å². The van der Waals surface area contributed by atoms with Crippen LogP contribution < -0.4 is 4.90 Å². The Kier molecular flexibility index (Phi) is 2.35. The first-order valence-electron chi connectivity index (χ1n) is 4.89. The molecule has 0 aromatic carbocycles. The molecule has 2 nitrogen and oxygen atoms in total. The second-order valence-corrected chi connectivity index (χ2v) is 5.60. The van der Waals surface area contributed by atoms with E-state index in [4.69, 9.17) is 0 Å². The zero-order valence-corrected chi connectivity index (χ0v) is 9.43. The van der Waals surface area contributed by atoms with Crippen LogP contribution in [0.2, 0.25) is 0 Å². The highest BCUT2D eigenvalue weighted by molar-refractivity contribution is 7.12. The minimum atomic E-state index is 0.420. The normalized spacial score (nSPS) is 20.0.